The van der Waals surface area contributed by atoms with Crippen LogP contribution in [0.4, 0.5) is 8.78 Å². The molecule has 6 heterocycles. The zero-order chi connectivity index (χ0) is 40.7. The maximum absolute atomic E-state index is 13.3. The predicted molar refractivity (Wildman–Crippen MR) is 216 cm³/mol. The zero-order valence-corrected chi connectivity index (χ0v) is 32.3. The van der Waals surface area contributed by atoms with Crippen LogP contribution in [0.1, 0.15) is 11.4 Å². The SMILES string of the molecule is Cc1nn(C)c2cc(-c3ccc(F)cc3)nc(-c3ccc4c(c3)OCO4)c12.Cc1nn(C)c2cc(-c3ccc(F)cc3)nc(Cl)c12.OB(O)c1ccc2c(c1)OCO2. The first-order chi connectivity index (χ1) is 27.9. The number of hydrogen-bond acceptors (Lipinski definition) is 10. The van der Waals surface area contributed by atoms with Gasteiger partial charge >= 0.3 is 7.12 Å². The Balaban J connectivity index is 0.000000132. The molecule has 0 bridgehead atoms. The molecule has 0 aliphatic carbocycles. The standard InChI is InChI=1S/C21H16FN3O2.C14H11ClFN3.C7H7BO4/c1-12-20-17(25(2)24-12)10-16(13-3-6-15(22)7-4-13)23-21(20)14-5-8-18-19(9-14)27-11-26-18;1-8-13-12(19(2)18-8)7-11(17-14(13)15)9-3-5-10(16)6-4-9;9-8(10)5-1-2-6-7(3-5)12-4-11-6/h3-10H,11H2,1-2H3;3-7H,1-2H3;1-3,9-10H,4H2. The Bertz CT molecular complexity index is 2820. The van der Waals surface area contributed by atoms with Gasteiger partial charge in [-0.25, -0.2) is 18.7 Å². The number of benzene rings is 4. The van der Waals surface area contributed by atoms with Gasteiger partial charge in [-0.1, -0.05) is 17.7 Å². The van der Waals surface area contributed by atoms with E-state index in [1.807, 2.05) is 63.0 Å². The molecule has 4 aromatic heterocycles. The monoisotopic (exact) mass is 802 g/mol. The number of hydrogen-bond donors (Lipinski definition) is 2. The molecule has 8 aromatic rings. The highest BCUT2D eigenvalue weighted by Gasteiger charge is 2.21. The third-order valence-electron chi connectivity index (χ3n) is 9.59. The van der Waals surface area contributed by atoms with E-state index < -0.39 is 7.12 Å². The lowest BCUT2D eigenvalue weighted by Gasteiger charge is -2.09. The average molecular weight is 803 g/mol. The van der Waals surface area contributed by atoms with Gasteiger partial charge in [0.1, 0.15) is 16.8 Å². The second-order valence-corrected chi connectivity index (χ2v) is 13.8. The summed E-state index contributed by atoms with van der Waals surface area (Å²) >= 11 is 6.22. The Hall–Kier alpha value is -6.55. The average Bonchev–Trinajstić information content (AvgIpc) is 4.01. The van der Waals surface area contributed by atoms with Crippen molar-refractivity contribution in [3.63, 3.8) is 0 Å². The van der Waals surface area contributed by atoms with Crippen LogP contribution in [0.2, 0.25) is 5.15 Å². The molecule has 0 amide bonds. The lowest BCUT2D eigenvalue weighted by molar-refractivity contribution is 0.173. The third kappa shape index (κ3) is 7.62. The quantitative estimate of drug-likeness (QED) is 0.138. The topological polar surface area (TPSA) is 139 Å². The minimum absolute atomic E-state index is 0.195. The number of ether oxygens (including phenoxy) is 4. The second-order valence-electron chi connectivity index (χ2n) is 13.4. The molecule has 0 radical (unpaired) electrons. The second kappa shape index (κ2) is 15.8. The fraction of sp³-hybridized carbons (Fsp3) is 0.143. The summed E-state index contributed by atoms with van der Waals surface area (Å²) in [5, 5.41) is 28.8. The van der Waals surface area contributed by atoms with Crippen molar-refractivity contribution in [3.05, 3.63) is 125 Å². The van der Waals surface area contributed by atoms with E-state index in [4.69, 9.17) is 45.6 Å². The number of rotatable bonds is 4. The van der Waals surface area contributed by atoms with Crippen LogP contribution in [0.25, 0.3) is 55.6 Å². The summed E-state index contributed by atoms with van der Waals surface area (Å²) in [7, 11) is 2.31. The molecule has 0 saturated heterocycles. The first-order valence-corrected chi connectivity index (χ1v) is 18.3. The van der Waals surface area contributed by atoms with Gasteiger partial charge in [-0.2, -0.15) is 10.2 Å². The summed E-state index contributed by atoms with van der Waals surface area (Å²) in [6.45, 7) is 4.29. The highest BCUT2D eigenvalue weighted by atomic mass is 35.5. The molecule has 58 heavy (non-hydrogen) atoms. The molecular formula is C42H34BClF2N6O6. The van der Waals surface area contributed by atoms with Crippen LogP contribution < -0.4 is 24.4 Å². The Kier molecular flexibility index (Phi) is 10.4. The van der Waals surface area contributed by atoms with Gasteiger partial charge in [0.15, 0.2) is 23.0 Å². The van der Waals surface area contributed by atoms with Crippen molar-refractivity contribution in [2.45, 2.75) is 13.8 Å². The fourth-order valence-corrected chi connectivity index (χ4v) is 7.08. The van der Waals surface area contributed by atoms with Crippen LogP contribution in [0.15, 0.2) is 97.1 Å². The van der Waals surface area contributed by atoms with E-state index in [2.05, 4.69) is 15.2 Å². The number of halogens is 3. The van der Waals surface area contributed by atoms with Crippen molar-refractivity contribution in [1.29, 1.82) is 0 Å². The Morgan fingerprint density at radius 2 is 1.05 bits per heavy atom. The van der Waals surface area contributed by atoms with E-state index >= 15 is 0 Å². The first kappa shape index (κ1) is 38.3. The van der Waals surface area contributed by atoms with E-state index in [0.29, 0.717) is 33.6 Å². The zero-order valence-electron chi connectivity index (χ0n) is 31.6. The molecule has 0 spiro atoms. The van der Waals surface area contributed by atoms with Crippen molar-refractivity contribution in [2.24, 2.45) is 14.1 Å². The predicted octanol–water partition coefficient (Wildman–Crippen LogP) is 7.31. The van der Waals surface area contributed by atoms with Crippen LogP contribution in [0.5, 0.6) is 23.0 Å². The molecule has 0 fully saturated rings. The smallest absolute Gasteiger partial charge is 0.454 e. The van der Waals surface area contributed by atoms with E-state index in [9.17, 15) is 8.78 Å². The minimum Gasteiger partial charge on any atom is -0.454 e. The molecular weight excluding hydrogens is 769 g/mol. The summed E-state index contributed by atoms with van der Waals surface area (Å²) in [5.74, 6) is 2.09. The summed E-state index contributed by atoms with van der Waals surface area (Å²) < 4.78 is 50.9. The van der Waals surface area contributed by atoms with Gasteiger partial charge in [-0.3, -0.25) is 9.36 Å². The van der Waals surface area contributed by atoms with E-state index in [-0.39, 0.29) is 25.2 Å². The summed E-state index contributed by atoms with van der Waals surface area (Å²) in [4.78, 5) is 9.26. The van der Waals surface area contributed by atoms with E-state index in [1.165, 1.54) is 24.3 Å². The fourth-order valence-electron chi connectivity index (χ4n) is 6.76. The largest absolute Gasteiger partial charge is 0.488 e. The Morgan fingerprint density at radius 3 is 1.62 bits per heavy atom. The molecule has 10 rings (SSSR count). The van der Waals surface area contributed by atoms with Crippen LogP contribution in [0.3, 0.4) is 0 Å². The number of aryl methyl sites for hydroxylation is 4. The summed E-state index contributed by atoms with van der Waals surface area (Å²) in [6.07, 6.45) is 0. The number of nitrogens with zero attached hydrogens (tertiary/aromatic N) is 6. The lowest BCUT2D eigenvalue weighted by Crippen LogP contribution is -2.29. The number of pyridine rings is 2. The maximum Gasteiger partial charge on any atom is 0.488 e. The van der Waals surface area contributed by atoms with Gasteiger partial charge < -0.3 is 29.0 Å². The summed E-state index contributed by atoms with van der Waals surface area (Å²) in [5.41, 5.74) is 8.91. The first-order valence-electron chi connectivity index (χ1n) is 18.0. The van der Waals surface area contributed by atoms with Crippen LogP contribution >= 0.6 is 11.6 Å². The number of fused-ring (bicyclic) bond motifs is 4. The Labute approximate surface area is 335 Å². The van der Waals surface area contributed by atoms with Crippen LogP contribution in [-0.4, -0.2) is 60.3 Å². The molecule has 0 atom stereocenters. The Morgan fingerprint density at radius 1 is 0.586 bits per heavy atom. The molecule has 12 nitrogen and oxygen atoms in total. The molecule has 0 unspecified atom stereocenters. The van der Waals surface area contributed by atoms with Crippen LogP contribution in [-0.2, 0) is 14.1 Å². The minimum atomic E-state index is -1.46. The highest BCUT2D eigenvalue weighted by molar-refractivity contribution is 6.58. The molecule has 2 aliphatic rings. The molecule has 0 saturated carbocycles. The van der Waals surface area contributed by atoms with Gasteiger partial charge in [0, 0.05) is 36.2 Å². The summed E-state index contributed by atoms with van der Waals surface area (Å²) in [6, 6.07) is 27.0. The third-order valence-corrected chi connectivity index (χ3v) is 9.87. The van der Waals surface area contributed by atoms with Crippen molar-refractivity contribution >= 4 is 46.0 Å². The van der Waals surface area contributed by atoms with Crippen molar-refractivity contribution < 1.29 is 37.8 Å². The molecule has 2 aliphatic heterocycles. The van der Waals surface area contributed by atoms with Crippen LogP contribution in [0, 0.1) is 25.5 Å². The van der Waals surface area contributed by atoms with Crippen molar-refractivity contribution in [2.75, 3.05) is 13.6 Å². The normalized spacial score (nSPS) is 12.3. The molecule has 4 aromatic carbocycles. The van der Waals surface area contributed by atoms with Gasteiger partial charge in [0.2, 0.25) is 13.6 Å². The molecule has 16 heteroatoms. The number of aromatic nitrogens is 6. The van der Waals surface area contributed by atoms with Gasteiger partial charge in [-0.05, 0) is 110 Å². The maximum atomic E-state index is 13.3. The van der Waals surface area contributed by atoms with E-state index in [0.717, 1.165) is 67.0 Å². The van der Waals surface area contributed by atoms with Crippen molar-refractivity contribution in [3.8, 4) is 56.8 Å². The van der Waals surface area contributed by atoms with Crippen molar-refractivity contribution in [1.82, 2.24) is 29.5 Å². The van der Waals surface area contributed by atoms with Gasteiger partial charge in [0.05, 0.1) is 44.9 Å². The lowest BCUT2D eigenvalue weighted by atomic mass is 9.80. The molecule has 292 valence electrons. The molecule has 2 N–H and O–H groups in total. The van der Waals surface area contributed by atoms with E-state index in [1.54, 1.807) is 47.1 Å². The highest BCUT2D eigenvalue weighted by Crippen LogP contribution is 2.39. The van der Waals surface area contributed by atoms with Gasteiger partial charge in [0.25, 0.3) is 0 Å². The van der Waals surface area contributed by atoms with Gasteiger partial charge in [-0.15, -0.1) is 0 Å².